The van der Waals surface area contributed by atoms with Crippen molar-refractivity contribution < 1.29 is 9.90 Å². The number of carboxylic acids is 1. The first-order valence-electron chi connectivity index (χ1n) is 10.6. The standard InChI is InChI=1S/C27H25N3O2/c1-19-25(22-15-9-4-10-16-22)29-23(17-20-11-5-2-6-12-20)26(28-19)30-24(27(31)32)18-21-13-7-3-8-14-21/h2-16,24H,17-18H2,1H3,(H,28,30)(H,31,32). The van der Waals surface area contributed by atoms with E-state index in [0.29, 0.717) is 18.7 Å². The molecule has 0 saturated carbocycles. The van der Waals surface area contributed by atoms with E-state index in [1.807, 2.05) is 97.9 Å². The minimum atomic E-state index is -0.925. The molecule has 0 amide bonds. The second-order valence-corrected chi connectivity index (χ2v) is 7.71. The largest absolute Gasteiger partial charge is 0.480 e. The van der Waals surface area contributed by atoms with Crippen LogP contribution in [0.5, 0.6) is 0 Å². The van der Waals surface area contributed by atoms with E-state index in [1.165, 1.54) is 0 Å². The molecule has 1 heterocycles. The molecule has 2 N–H and O–H groups in total. The van der Waals surface area contributed by atoms with Crippen molar-refractivity contribution in [2.24, 2.45) is 0 Å². The fourth-order valence-electron chi connectivity index (χ4n) is 3.67. The zero-order valence-electron chi connectivity index (χ0n) is 17.9. The highest BCUT2D eigenvalue weighted by Crippen LogP contribution is 2.25. The molecular formula is C27H25N3O2. The number of anilines is 1. The van der Waals surface area contributed by atoms with Crippen LogP contribution in [0.15, 0.2) is 91.0 Å². The molecule has 32 heavy (non-hydrogen) atoms. The third-order valence-corrected chi connectivity index (χ3v) is 5.30. The highest BCUT2D eigenvalue weighted by Gasteiger charge is 2.22. The number of hydrogen-bond acceptors (Lipinski definition) is 4. The normalized spacial score (nSPS) is 11.7. The van der Waals surface area contributed by atoms with E-state index in [-0.39, 0.29) is 0 Å². The summed E-state index contributed by atoms with van der Waals surface area (Å²) < 4.78 is 0. The Morgan fingerprint density at radius 3 is 2.00 bits per heavy atom. The van der Waals surface area contributed by atoms with Gasteiger partial charge in [0.1, 0.15) is 11.9 Å². The average Bonchev–Trinajstić information content (AvgIpc) is 2.82. The molecule has 0 aliphatic carbocycles. The number of hydrogen-bond donors (Lipinski definition) is 2. The van der Waals surface area contributed by atoms with Crippen molar-refractivity contribution in [1.82, 2.24) is 9.97 Å². The number of rotatable bonds is 8. The molecule has 0 aliphatic heterocycles. The fourth-order valence-corrected chi connectivity index (χ4v) is 3.67. The second kappa shape index (κ2) is 9.88. The molecule has 0 spiro atoms. The average molecular weight is 424 g/mol. The van der Waals surface area contributed by atoms with Crippen LogP contribution in [-0.4, -0.2) is 27.1 Å². The van der Waals surface area contributed by atoms with Crippen LogP contribution in [0.4, 0.5) is 5.82 Å². The molecule has 160 valence electrons. The van der Waals surface area contributed by atoms with Crippen molar-refractivity contribution in [2.75, 3.05) is 5.32 Å². The van der Waals surface area contributed by atoms with Gasteiger partial charge in [-0.15, -0.1) is 0 Å². The van der Waals surface area contributed by atoms with E-state index >= 15 is 0 Å². The van der Waals surface area contributed by atoms with Gasteiger partial charge in [0, 0.05) is 18.4 Å². The first-order chi connectivity index (χ1) is 15.6. The zero-order valence-corrected chi connectivity index (χ0v) is 17.9. The summed E-state index contributed by atoms with van der Waals surface area (Å²) in [5.74, 6) is -0.416. The molecule has 4 rings (SSSR count). The quantitative estimate of drug-likeness (QED) is 0.410. The Bertz CT molecular complexity index is 1180. The summed E-state index contributed by atoms with van der Waals surface area (Å²) in [5, 5.41) is 13.0. The van der Waals surface area contributed by atoms with E-state index in [9.17, 15) is 9.90 Å². The van der Waals surface area contributed by atoms with E-state index in [1.54, 1.807) is 0 Å². The van der Waals surface area contributed by atoms with Crippen molar-refractivity contribution in [3.8, 4) is 11.3 Å². The molecule has 3 aromatic carbocycles. The number of aromatic nitrogens is 2. The summed E-state index contributed by atoms with van der Waals surface area (Å²) in [4.78, 5) is 21.8. The van der Waals surface area contributed by atoms with E-state index in [2.05, 4.69) is 5.32 Å². The van der Waals surface area contributed by atoms with Crippen molar-refractivity contribution in [3.63, 3.8) is 0 Å². The molecule has 0 saturated heterocycles. The first-order valence-corrected chi connectivity index (χ1v) is 10.6. The van der Waals surface area contributed by atoms with Crippen LogP contribution in [-0.2, 0) is 17.6 Å². The minimum absolute atomic E-state index is 0.349. The van der Waals surface area contributed by atoms with Gasteiger partial charge in [-0.05, 0) is 18.1 Å². The number of carboxylic acid groups (broad SMARTS) is 1. The first kappa shape index (κ1) is 21.2. The number of aryl methyl sites for hydroxylation is 1. The molecule has 1 aromatic heterocycles. The summed E-state index contributed by atoms with van der Waals surface area (Å²) >= 11 is 0. The molecule has 5 heteroatoms. The monoisotopic (exact) mass is 423 g/mol. The molecule has 1 unspecified atom stereocenters. The Morgan fingerprint density at radius 1 is 0.844 bits per heavy atom. The molecule has 4 aromatic rings. The summed E-state index contributed by atoms with van der Waals surface area (Å²) in [5.41, 5.74) is 5.29. The van der Waals surface area contributed by atoms with E-state index in [0.717, 1.165) is 33.8 Å². The number of nitrogens with one attached hydrogen (secondary N) is 1. The molecule has 0 aliphatic rings. The van der Waals surface area contributed by atoms with Crippen LogP contribution in [0.3, 0.4) is 0 Å². The number of aliphatic carboxylic acids is 1. The summed E-state index contributed by atoms with van der Waals surface area (Å²) in [6.45, 7) is 1.90. The molecule has 0 radical (unpaired) electrons. The highest BCUT2D eigenvalue weighted by atomic mass is 16.4. The van der Waals surface area contributed by atoms with Crippen LogP contribution in [0, 0.1) is 6.92 Å². The smallest absolute Gasteiger partial charge is 0.326 e. The van der Waals surface area contributed by atoms with Crippen molar-refractivity contribution >= 4 is 11.8 Å². The van der Waals surface area contributed by atoms with E-state index in [4.69, 9.17) is 9.97 Å². The Labute approximate surface area is 187 Å². The van der Waals surface area contributed by atoms with Crippen molar-refractivity contribution in [2.45, 2.75) is 25.8 Å². The summed E-state index contributed by atoms with van der Waals surface area (Å²) in [7, 11) is 0. The third-order valence-electron chi connectivity index (χ3n) is 5.30. The predicted octanol–water partition coefficient (Wildman–Crippen LogP) is 5.15. The van der Waals surface area contributed by atoms with Gasteiger partial charge in [0.2, 0.25) is 0 Å². The van der Waals surface area contributed by atoms with Crippen LogP contribution in [0.2, 0.25) is 0 Å². The molecule has 5 nitrogen and oxygen atoms in total. The second-order valence-electron chi connectivity index (χ2n) is 7.71. The number of benzene rings is 3. The van der Waals surface area contributed by atoms with Gasteiger partial charge in [0.15, 0.2) is 0 Å². The molecule has 1 atom stereocenters. The summed E-state index contributed by atoms with van der Waals surface area (Å²) in [6.07, 6.45) is 0.899. The molecule has 0 bridgehead atoms. The van der Waals surface area contributed by atoms with Crippen molar-refractivity contribution in [1.29, 1.82) is 0 Å². The minimum Gasteiger partial charge on any atom is -0.480 e. The van der Waals surface area contributed by atoms with Gasteiger partial charge >= 0.3 is 5.97 Å². The number of nitrogens with zero attached hydrogens (tertiary/aromatic N) is 2. The van der Waals surface area contributed by atoms with Gasteiger partial charge in [0.05, 0.1) is 17.1 Å². The third kappa shape index (κ3) is 5.19. The van der Waals surface area contributed by atoms with Crippen molar-refractivity contribution in [3.05, 3.63) is 114 Å². The Hall–Kier alpha value is -3.99. The maximum absolute atomic E-state index is 12.0. The van der Waals surface area contributed by atoms with Gasteiger partial charge in [-0.1, -0.05) is 91.0 Å². The lowest BCUT2D eigenvalue weighted by Crippen LogP contribution is -2.32. The Morgan fingerprint density at radius 2 is 1.41 bits per heavy atom. The van der Waals surface area contributed by atoms with Gasteiger partial charge < -0.3 is 10.4 Å². The highest BCUT2D eigenvalue weighted by molar-refractivity contribution is 5.78. The zero-order chi connectivity index (χ0) is 22.3. The Balaban J connectivity index is 1.72. The van der Waals surface area contributed by atoms with Crippen LogP contribution >= 0.6 is 0 Å². The van der Waals surface area contributed by atoms with Crippen LogP contribution < -0.4 is 5.32 Å². The van der Waals surface area contributed by atoms with Crippen LogP contribution in [0.1, 0.15) is 22.5 Å². The lowest BCUT2D eigenvalue weighted by Gasteiger charge is -2.19. The van der Waals surface area contributed by atoms with Crippen LogP contribution in [0.25, 0.3) is 11.3 Å². The van der Waals surface area contributed by atoms with Gasteiger partial charge in [0.25, 0.3) is 0 Å². The molecule has 0 fully saturated rings. The lowest BCUT2D eigenvalue weighted by atomic mass is 10.0. The fraction of sp³-hybridized carbons (Fsp3) is 0.148. The Kier molecular flexibility index (Phi) is 6.56. The number of carbonyl (C=O) groups is 1. The SMILES string of the molecule is Cc1nc(NC(Cc2ccccc2)C(=O)O)c(Cc2ccccc2)nc1-c1ccccc1. The predicted molar refractivity (Wildman–Crippen MR) is 127 cm³/mol. The van der Waals surface area contributed by atoms with Gasteiger partial charge in [-0.3, -0.25) is 0 Å². The maximum Gasteiger partial charge on any atom is 0.326 e. The lowest BCUT2D eigenvalue weighted by molar-refractivity contribution is -0.137. The van der Waals surface area contributed by atoms with E-state index < -0.39 is 12.0 Å². The maximum atomic E-state index is 12.0. The summed E-state index contributed by atoms with van der Waals surface area (Å²) in [6, 6.07) is 28.7. The topological polar surface area (TPSA) is 75.1 Å². The van der Waals surface area contributed by atoms with Gasteiger partial charge in [-0.2, -0.15) is 0 Å². The molecular weight excluding hydrogens is 398 g/mol. The van der Waals surface area contributed by atoms with Gasteiger partial charge in [-0.25, -0.2) is 14.8 Å².